The van der Waals surface area contributed by atoms with Gasteiger partial charge in [-0.25, -0.2) is 0 Å². The van der Waals surface area contributed by atoms with E-state index in [-0.39, 0.29) is 17.7 Å². The number of rotatable bonds is 3. The number of fused-ring (bicyclic) bond motifs is 3. The smallest absolute Gasteiger partial charge is 0.236 e. The maximum absolute atomic E-state index is 13.5. The summed E-state index contributed by atoms with van der Waals surface area (Å²) in [4.78, 5) is 28.0. The van der Waals surface area contributed by atoms with Crippen molar-refractivity contribution in [3.63, 3.8) is 0 Å². The molecule has 1 saturated carbocycles. The standard InChI is InChI=1S/C27H24N2O3/c30-26(25-21-5-1-3-7-23(21)32-24-8-4-2-6-22(24)25)28-20-12-11-17-13-14-29(16-19(17)15-20)27(31)18-9-10-18/h1-8,11-12,15,18,25H,9-10,13-14,16H2,(H,28,30). The number of hydrogen-bond acceptors (Lipinski definition) is 3. The summed E-state index contributed by atoms with van der Waals surface area (Å²) in [6.07, 6.45) is 2.90. The third kappa shape index (κ3) is 3.34. The number of carbonyl (C=O) groups excluding carboxylic acids is 2. The van der Waals surface area contributed by atoms with Crippen LogP contribution in [0.2, 0.25) is 0 Å². The third-order valence-corrected chi connectivity index (χ3v) is 6.67. The van der Waals surface area contributed by atoms with Gasteiger partial charge in [0.25, 0.3) is 0 Å². The molecular weight excluding hydrogens is 400 g/mol. The first-order valence-corrected chi connectivity index (χ1v) is 11.2. The number of hydrogen-bond donors (Lipinski definition) is 1. The van der Waals surface area contributed by atoms with Crippen molar-refractivity contribution in [3.05, 3.63) is 89.0 Å². The zero-order valence-corrected chi connectivity index (χ0v) is 17.7. The highest BCUT2D eigenvalue weighted by Crippen LogP contribution is 2.44. The van der Waals surface area contributed by atoms with Gasteiger partial charge in [0.15, 0.2) is 0 Å². The second-order valence-corrected chi connectivity index (χ2v) is 8.87. The van der Waals surface area contributed by atoms with Gasteiger partial charge in [-0.15, -0.1) is 0 Å². The highest BCUT2D eigenvalue weighted by atomic mass is 16.5. The molecule has 0 unspecified atom stereocenters. The van der Waals surface area contributed by atoms with E-state index in [0.717, 1.165) is 48.2 Å². The lowest BCUT2D eigenvalue weighted by molar-refractivity contribution is -0.133. The number of para-hydroxylation sites is 2. The highest BCUT2D eigenvalue weighted by molar-refractivity contribution is 5.99. The molecule has 3 aromatic carbocycles. The molecule has 2 heterocycles. The molecule has 5 heteroatoms. The maximum atomic E-state index is 13.5. The normalized spacial score (nSPS) is 16.9. The van der Waals surface area contributed by atoms with Crippen molar-refractivity contribution in [2.45, 2.75) is 31.7 Å². The Bertz CT molecular complexity index is 1190. The number of benzene rings is 3. The first-order valence-electron chi connectivity index (χ1n) is 11.2. The van der Waals surface area contributed by atoms with Crippen molar-refractivity contribution in [2.75, 3.05) is 11.9 Å². The molecule has 0 radical (unpaired) electrons. The van der Waals surface area contributed by atoms with E-state index in [1.807, 2.05) is 65.6 Å². The fourth-order valence-corrected chi connectivity index (χ4v) is 4.82. The minimum absolute atomic E-state index is 0.0881. The summed E-state index contributed by atoms with van der Waals surface area (Å²) in [5.41, 5.74) is 4.86. The first kappa shape index (κ1) is 19.1. The van der Waals surface area contributed by atoms with E-state index in [1.165, 1.54) is 5.56 Å². The van der Waals surface area contributed by atoms with Crippen LogP contribution in [-0.4, -0.2) is 23.3 Å². The van der Waals surface area contributed by atoms with Gasteiger partial charge >= 0.3 is 0 Å². The van der Waals surface area contributed by atoms with E-state index in [2.05, 4.69) is 11.4 Å². The van der Waals surface area contributed by atoms with Crippen LogP contribution in [0.25, 0.3) is 0 Å². The van der Waals surface area contributed by atoms with Crippen molar-refractivity contribution in [1.82, 2.24) is 4.90 Å². The van der Waals surface area contributed by atoms with E-state index in [1.54, 1.807) is 0 Å². The number of nitrogens with zero attached hydrogens (tertiary/aromatic N) is 1. The lowest BCUT2D eigenvalue weighted by Crippen LogP contribution is -2.37. The van der Waals surface area contributed by atoms with Crippen molar-refractivity contribution >= 4 is 17.5 Å². The fourth-order valence-electron chi connectivity index (χ4n) is 4.82. The molecule has 2 aliphatic heterocycles. The third-order valence-electron chi connectivity index (χ3n) is 6.67. The monoisotopic (exact) mass is 424 g/mol. The molecule has 5 nitrogen and oxygen atoms in total. The lowest BCUT2D eigenvalue weighted by Gasteiger charge is -2.30. The van der Waals surface area contributed by atoms with Crippen LogP contribution in [0, 0.1) is 5.92 Å². The summed E-state index contributed by atoms with van der Waals surface area (Å²) in [7, 11) is 0. The molecule has 0 bridgehead atoms. The molecule has 2 amide bonds. The Balaban J connectivity index is 1.28. The maximum Gasteiger partial charge on any atom is 0.236 e. The molecule has 32 heavy (non-hydrogen) atoms. The Labute approximate surface area is 187 Å². The van der Waals surface area contributed by atoms with Gasteiger partial charge in [0.1, 0.15) is 11.5 Å². The zero-order chi connectivity index (χ0) is 21.7. The Hall–Kier alpha value is -3.60. The molecular formula is C27H24N2O3. The van der Waals surface area contributed by atoms with Crippen LogP contribution in [0.4, 0.5) is 5.69 Å². The molecule has 3 aromatic rings. The fraction of sp³-hybridized carbons (Fsp3) is 0.259. The molecule has 0 atom stereocenters. The highest BCUT2D eigenvalue weighted by Gasteiger charge is 2.35. The quantitative estimate of drug-likeness (QED) is 0.653. The van der Waals surface area contributed by atoms with E-state index >= 15 is 0 Å². The van der Waals surface area contributed by atoms with Gasteiger partial charge in [0, 0.05) is 35.8 Å². The van der Waals surface area contributed by atoms with Gasteiger partial charge < -0.3 is 15.0 Å². The van der Waals surface area contributed by atoms with Gasteiger partial charge in [-0.2, -0.15) is 0 Å². The topological polar surface area (TPSA) is 58.6 Å². The summed E-state index contributed by atoms with van der Waals surface area (Å²) >= 11 is 0. The van der Waals surface area contributed by atoms with Gasteiger partial charge in [-0.3, -0.25) is 9.59 Å². The summed E-state index contributed by atoms with van der Waals surface area (Å²) < 4.78 is 6.02. The number of carbonyl (C=O) groups is 2. The second-order valence-electron chi connectivity index (χ2n) is 8.87. The number of anilines is 1. The molecule has 1 N–H and O–H groups in total. The number of nitrogens with one attached hydrogen (secondary N) is 1. The lowest BCUT2D eigenvalue weighted by atomic mass is 9.87. The SMILES string of the molecule is O=C(Nc1ccc2c(c1)CN(C(=O)C1CC1)CC2)C1c2ccccc2Oc2ccccc21. The molecule has 0 saturated heterocycles. The predicted octanol–water partition coefficient (Wildman–Crippen LogP) is 4.86. The summed E-state index contributed by atoms with van der Waals surface area (Å²) in [6.45, 7) is 1.40. The van der Waals surface area contributed by atoms with Crippen molar-refractivity contribution in [3.8, 4) is 11.5 Å². The van der Waals surface area contributed by atoms with Crippen molar-refractivity contribution in [1.29, 1.82) is 0 Å². The van der Waals surface area contributed by atoms with Crippen LogP contribution in [0.15, 0.2) is 66.7 Å². The second kappa shape index (κ2) is 7.52. The van der Waals surface area contributed by atoms with E-state index in [0.29, 0.717) is 18.0 Å². The van der Waals surface area contributed by atoms with Crippen LogP contribution in [0.3, 0.4) is 0 Å². The summed E-state index contributed by atoms with van der Waals surface area (Å²) in [6, 6.07) is 21.5. The molecule has 3 aliphatic rings. The Morgan fingerprint density at radius 3 is 2.25 bits per heavy atom. The summed E-state index contributed by atoms with van der Waals surface area (Å²) in [5.74, 6) is 1.40. The van der Waals surface area contributed by atoms with Gasteiger partial charge in [-0.05, 0) is 54.7 Å². The average molecular weight is 425 g/mol. The largest absolute Gasteiger partial charge is 0.457 e. The van der Waals surface area contributed by atoms with E-state index in [9.17, 15) is 9.59 Å². The molecule has 1 aliphatic carbocycles. The Kier molecular flexibility index (Phi) is 4.49. The van der Waals surface area contributed by atoms with Crippen LogP contribution >= 0.6 is 0 Å². The molecule has 0 spiro atoms. The minimum atomic E-state index is -0.444. The predicted molar refractivity (Wildman–Crippen MR) is 122 cm³/mol. The van der Waals surface area contributed by atoms with E-state index in [4.69, 9.17) is 4.74 Å². The minimum Gasteiger partial charge on any atom is -0.457 e. The van der Waals surface area contributed by atoms with Crippen LogP contribution < -0.4 is 10.1 Å². The molecule has 160 valence electrons. The van der Waals surface area contributed by atoms with Crippen LogP contribution in [0.1, 0.15) is 41.0 Å². The molecule has 6 rings (SSSR count). The van der Waals surface area contributed by atoms with Gasteiger partial charge in [0.05, 0.1) is 5.92 Å². The van der Waals surface area contributed by atoms with Crippen molar-refractivity contribution < 1.29 is 14.3 Å². The van der Waals surface area contributed by atoms with Crippen LogP contribution in [0.5, 0.6) is 11.5 Å². The summed E-state index contributed by atoms with van der Waals surface area (Å²) in [5, 5.41) is 3.12. The van der Waals surface area contributed by atoms with Crippen LogP contribution in [-0.2, 0) is 22.6 Å². The number of ether oxygens (including phenoxy) is 1. The van der Waals surface area contributed by atoms with Crippen molar-refractivity contribution in [2.24, 2.45) is 5.92 Å². The molecule has 0 aromatic heterocycles. The molecule has 1 fully saturated rings. The Morgan fingerprint density at radius 1 is 0.875 bits per heavy atom. The first-order chi connectivity index (χ1) is 15.7. The van der Waals surface area contributed by atoms with E-state index < -0.39 is 5.92 Å². The van der Waals surface area contributed by atoms with Gasteiger partial charge in [-0.1, -0.05) is 42.5 Å². The zero-order valence-electron chi connectivity index (χ0n) is 17.7. The average Bonchev–Trinajstić information content (AvgIpc) is 3.67. The van der Waals surface area contributed by atoms with Gasteiger partial charge in [0.2, 0.25) is 11.8 Å². The number of amides is 2. The Morgan fingerprint density at radius 2 is 1.56 bits per heavy atom.